The summed E-state index contributed by atoms with van der Waals surface area (Å²) in [5, 5.41) is 3.29. The first-order valence-electron chi connectivity index (χ1n) is 12.9. The van der Waals surface area contributed by atoms with Crippen molar-refractivity contribution in [1.82, 2.24) is 10.2 Å². The summed E-state index contributed by atoms with van der Waals surface area (Å²) in [5.41, 5.74) is 2.05. The minimum absolute atomic E-state index is 0.0384. The number of nitrogens with zero attached hydrogens (tertiary/aromatic N) is 2. The van der Waals surface area contributed by atoms with Crippen LogP contribution >= 0.6 is 11.6 Å². The van der Waals surface area contributed by atoms with Crippen molar-refractivity contribution in [1.29, 1.82) is 0 Å². The molecule has 0 aliphatic carbocycles. The first-order chi connectivity index (χ1) is 18.4. The van der Waals surface area contributed by atoms with E-state index in [0.717, 1.165) is 9.87 Å². The van der Waals surface area contributed by atoms with Gasteiger partial charge in [-0.3, -0.25) is 13.9 Å². The molecule has 0 bridgehead atoms. The molecule has 3 aromatic carbocycles. The van der Waals surface area contributed by atoms with Crippen molar-refractivity contribution in [3.63, 3.8) is 0 Å². The summed E-state index contributed by atoms with van der Waals surface area (Å²) in [6.07, 6.45) is 0. The number of benzene rings is 3. The van der Waals surface area contributed by atoms with Gasteiger partial charge in [-0.15, -0.1) is 0 Å². The van der Waals surface area contributed by atoms with Gasteiger partial charge in [-0.2, -0.15) is 0 Å². The van der Waals surface area contributed by atoms with Crippen LogP contribution in [-0.2, 0) is 26.2 Å². The molecule has 0 fully saturated rings. The molecule has 0 aliphatic rings. The van der Waals surface area contributed by atoms with Crippen LogP contribution in [0.5, 0.6) is 0 Å². The third-order valence-corrected chi connectivity index (χ3v) is 8.51. The molecular formula is C30H36ClN3O4S. The van der Waals surface area contributed by atoms with Crippen LogP contribution in [0.25, 0.3) is 0 Å². The lowest BCUT2D eigenvalue weighted by molar-refractivity contribution is -0.139. The van der Waals surface area contributed by atoms with Crippen molar-refractivity contribution in [3.05, 3.63) is 95.0 Å². The average molecular weight is 570 g/mol. The van der Waals surface area contributed by atoms with Gasteiger partial charge in [0.1, 0.15) is 12.6 Å². The first kappa shape index (κ1) is 30.2. The number of anilines is 1. The summed E-state index contributed by atoms with van der Waals surface area (Å²) >= 11 is 6.39. The van der Waals surface area contributed by atoms with E-state index in [-0.39, 0.29) is 29.3 Å². The second-order valence-electron chi connectivity index (χ2n) is 10.0. The topological polar surface area (TPSA) is 86.8 Å². The molecule has 3 aromatic rings. The number of carbonyl (C=O) groups is 2. The maximum absolute atomic E-state index is 13.9. The largest absolute Gasteiger partial charge is 0.352 e. The molecule has 208 valence electrons. The lowest BCUT2D eigenvalue weighted by atomic mass is 10.0. The van der Waals surface area contributed by atoms with E-state index in [1.54, 1.807) is 61.5 Å². The molecule has 0 spiro atoms. The lowest BCUT2D eigenvalue weighted by Gasteiger charge is -2.32. The fraction of sp³-hybridized carbons (Fsp3) is 0.333. The predicted molar refractivity (Wildman–Crippen MR) is 156 cm³/mol. The molecule has 1 N–H and O–H groups in total. The van der Waals surface area contributed by atoms with E-state index >= 15 is 0 Å². The molecule has 0 saturated carbocycles. The number of halogens is 1. The molecule has 0 aliphatic heterocycles. The summed E-state index contributed by atoms with van der Waals surface area (Å²) in [7, 11) is -4.10. The van der Waals surface area contributed by atoms with Crippen LogP contribution in [0.3, 0.4) is 0 Å². The van der Waals surface area contributed by atoms with Gasteiger partial charge in [-0.25, -0.2) is 8.42 Å². The molecule has 1 atom stereocenters. The minimum atomic E-state index is -4.10. The number of hydrogen-bond acceptors (Lipinski definition) is 4. The van der Waals surface area contributed by atoms with E-state index < -0.39 is 28.5 Å². The van der Waals surface area contributed by atoms with E-state index in [1.807, 2.05) is 39.8 Å². The number of hydrogen-bond donors (Lipinski definition) is 1. The lowest BCUT2D eigenvalue weighted by Crippen LogP contribution is -2.52. The van der Waals surface area contributed by atoms with Crippen molar-refractivity contribution in [2.75, 3.05) is 10.8 Å². The number of rotatable bonds is 11. The summed E-state index contributed by atoms with van der Waals surface area (Å²) in [6, 6.07) is 21.2. The van der Waals surface area contributed by atoms with Crippen LogP contribution in [0.1, 0.15) is 51.7 Å². The van der Waals surface area contributed by atoms with Gasteiger partial charge in [-0.05, 0) is 68.1 Å². The molecule has 7 nitrogen and oxygen atoms in total. The van der Waals surface area contributed by atoms with E-state index in [9.17, 15) is 18.0 Å². The van der Waals surface area contributed by atoms with Crippen LogP contribution in [0.15, 0.2) is 83.8 Å². The van der Waals surface area contributed by atoms with Crippen molar-refractivity contribution in [3.8, 4) is 0 Å². The fourth-order valence-corrected chi connectivity index (χ4v) is 5.70. The van der Waals surface area contributed by atoms with Gasteiger partial charge in [0.2, 0.25) is 11.8 Å². The number of nitrogens with one attached hydrogen (secondary N) is 1. The molecule has 0 saturated heterocycles. The highest BCUT2D eigenvalue weighted by atomic mass is 35.5. The van der Waals surface area contributed by atoms with Crippen LogP contribution in [0.2, 0.25) is 5.02 Å². The Morgan fingerprint density at radius 2 is 1.44 bits per heavy atom. The molecule has 39 heavy (non-hydrogen) atoms. The van der Waals surface area contributed by atoms with Gasteiger partial charge in [0.15, 0.2) is 0 Å². The first-order valence-corrected chi connectivity index (χ1v) is 14.7. The molecule has 2 amide bonds. The molecule has 3 rings (SSSR count). The van der Waals surface area contributed by atoms with Crippen LogP contribution in [0, 0.1) is 0 Å². The predicted octanol–water partition coefficient (Wildman–Crippen LogP) is 5.60. The van der Waals surface area contributed by atoms with E-state index in [0.29, 0.717) is 16.3 Å². The zero-order valence-corrected chi connectivity index (χ0v) is 24.5. The molecule has 0 aromatic heterocycles. The van der Waals surface area contributed by atoms with Crippen LogP contribution in [0.4, 0.5) is 5.69 Å². The Bertz CT molecular complexity index is 1380. The third kappa shape index (κ3) is 7.61. The SMILES string of the molecule is CC(C)NC(=O)[C@H](C)N(Cc1ccccc1Cl)C(=O)CN(c1ccc(C(C)C)cc1)S(=O)(=O)c1ccccc1. The molecular weight excluding hydrogens is 534 g/mol. The maximum atomic E-state index is 13.9. The average Bonchev–Trinajstić information content (AvgIpc) is 2.90. The van der Waals surface area contributed by atoms with Gasteiger partial charge >= 0.3 is 0 Å². The molecule has 0 heterocycles. The van der Waals surface area contributed by atoms with Gasteiger partial charge < -0.3 is 10.2 Å². The zero-order valence-electron chi connectivity index (χ0n) is 23.0. The van der Waals surface area contributed by atoms with Gasteiger partial charge in [0.25, 0.3) is 10.0 Å². The Morgan fingerprint density at radius 1 is 0.846 bits per heavy atom. The van der Waals surface area contributed by atoms with Gasteiger partial charge in [0, 0.05) is 17.6 Å². The van der Waals surface area contributed by atoms with Crippen molar-refractivity contribution < 1.29 is 18.0 Å². The van der Waals surface area contributed by atoms with E-state index in [1.165, 1.54) is 17.0 Å². The van der Waals surface area contributed by atoms with E-state index in [4.69, 9.17) is 11.6 Å². The zero-order chi connectivity index (χ0) is 28.7. The molecule has 9 heteroatoms. The summed E-state index contributed by atoms with van der Waals surface area (Å²) < 4.78 is 28.8. The minimum Gasteiger partial charge on any atom is -0.352 e. The Kier molecular flexibility index (Phi) is 10.2. The van der Waals surface area contributed by atoms with Gasteiger partial charge in [-0.1, -0.05) is 74.0 Å². The van der Waals surface area contributed by atoms with Gasteiger partial charge in [0.05, 0.1) is 10.6 Å². The van der Waals surface area contributed by atoms with Crippen LogP contribution in [-0.4, -0.2) is 43.8 Å². The standard InChI is InChI=1S/C30H36ClN3O4S/c1-21(2)24-15-17-26(18-16-24)34(39(37,38)27-12-7-6-8-13-27)20-29(35)33(23(5)30(36)32-22(3)4)19-25-11-9-10-14-28(25)31/h6-18,21-23H,19-20H2,1-5H3,(H,32,36)/t23-/m0/s1. The number of carbonyl (C=O) groups excluding carboxylic acids is 2. The Hall–Kier alpha value is -3.36. The highest BCUT2D eigenvalue weighted by molar-refractivity contribution is 7.92. The highest BCUT2D eigenvalue weighted by Crippen LogP contribution is 2.27. The Labute approximate surface area is 236 Å². The maximum Gasteiger partial charge on any atom is 0.264 e. The second-order valence-corrected chi connectivity index (χ2v) is 12.3. The molecule has 0 radical (unpaired) electrons. The highest BCUT2D eigenvalue weighted by Gasteiger charge is 2.33. The smallest absolute Gasteiger partial charge is 0.264 e. The summed E-state index contributed by atoms with van der Waals surface area (Å²) in [4.78, 5) is 28.3. The monoisotopic (exact) mass is 569 g/mol. The van der Waals surface area contributed by atoms with Crippen molar-refractivity contribution in [2.45, 2.75) is 64.1 Å². The summed E-state index contributed by atoms with van der Waals surface area (Å²) in [6.45, 7) is 8.93. The summed E-state index contributed by atoms with van der Waals surface area (Å²) in [5.74, 6) is -0.621. The van der Waals surface area contributed by atoms with Crippen LogP contribution < -0.4 is 9.62 Å². The Morgan fingerprint density at radius 3 is 2.00 bits per heavy atom. The van der Waals surface area contributed by atoms with Crippen molar-refractivity contribution >= 4 is 39.1 Å². The Balaban J connectivity index is 2.04. The third-order valence-electron chi connectivity index (χ3n) is 6.35. The molecule has 0 unspecified atom stereocenters. The second kappa shape index (κ2) is 13.1. The van der Waals surface area contributed by atoms with Crippen molar-refractivity contribution in [2.24, 2.45) is 0 Å². The normalized spacial score (nSPS) is 12.3. The number of amides is 2. The number of sulfonamides is 1. The fourth-order valence-electron chi connectivity index (χ4n) is 4.07. The van der Waals surface area contributed by atoms with E-state index in [2.05, 4.69) is 5.32 Å². The quantitative estimate of drug-likeness (QED) is 0.326.